The highest BCUT2D eigenvalue weighted by atomic mass is 32.2. The molecule has 0 saturated carbocycles. The van der Waals surface area contributed by atoms with Crippen LogP contribution < -0.4 is 0 Å². The van der Waals surface area contributed by atoms with Gasteiger partial charge in [-0.05, 0) is 44.9 Å². The first-order valence-corrected chi connectivity index (χ1v) is 10.7. The molecule has 0 radical (unpaired) electrons. The second kappa shape index (κ2) is 9.19. The fraction of sp³-hybridized carbons (Fsp3) is 0.429. The van der Waals surface area contributed by atoms with Gasteiger partial charge in [0.25, 0.3) is 11.7 Å². The van der Waals surface area contributed by atoms with Gasteiger partial charge in [0.1, 0.15) is 0 Å². The highest BCUT2D eigenvalue weighted by Gasteiger charge is 2.18. The minimum atomic E-state index is 0.100. The number of amides is 1. The molecule has 7 heteroatoms. The Kier molecular flexibility index (Phi) is 6.67. The normalized spacial score (nSPS) is 11.1. The molecule has 1 aromatic carbocycles. The van der Waals surface area contributed by atoms with E-state index in [1.54, 1.807) is 4.52 Å². The van der Waals surface area contributed by atoms with Crippen molar-refractivity contribution in [3.8, 4) is 0 Å². The van der Waals surface area contributed by atoms with Crippen LogP contribution in [-0.2, 0) is 5.75 Å². The van der Waals surface area contributed by atoms with Gasteiger partial charge >= 0.3 is 0 Å². The Bertz CT molecular complexity index is 969. The molecule has 0 unspecified atom stereocenters. The number of thioether (sulfide) groups is 1. The topological polar surface area (TPSA) is 63.4 Å². The Labute approximate surface area is 170 Å². The van der Waals surface area contributed by atoms with Gasteiger partial charge in [0.15, 0.2) is 0 Å². The molecule has 0 saturated heterocycles. The van der Waals surface area contributed by atoms with Crippen molar-refractivity contribution in [2.75, 3.05) is 13.1 Å². The number of carbonyl (C=O) groups excluding carboxylic acids is 1. The molecule has 0 aliphatic carbocycles. The zero-order chi connectivity index (χ0) is 20.1. The molecule has 1 amide bonds. The lowest BCUT2D eigenvalue weighted by Crippen LogP contribution is -2.32. The van der Waals surface area contributed by atoms with Crippen LogP contribution in [0.25, 0.3) is 5.78 Å². The number of hydrogen-bond acceptors (Lipinski definition) is 5. The summed E-state index contributed by atoms with van der Waals surface area (Å²) in [6.07, 6.45) is 2.10. The molecule has 6 nitrogen and oxygen atoms in total. The summed E-state index contributed by atoms with van der Waals surface area (Å²) in [6.45, 7) is 9.64. The lowest BCUT2D eigenvalue weighted by molar-refractivity contribution is 0.0761. The number of aromatic nitrogens is 4. The van der Waals surface area contributed by atoms with Crippen molar-refractivity contribution in [1.29, 1.82) is 0 Å². The summed E-state index contributed by atoms with van der Waals surface area (Å²) in [5.41, 5.74) is 3.71. The lowest BCUT2D eigenvalue weighted by atomic mass is 10.1. The van der Waals surface area contributed by atoms with E-state index in [-0.39, 0.29) is 5.91 Å². The Morgan fingerprint density at radius 2 is 1.96 bits per heavy atom. The lowest BCUT2D eigenvalue weighted by Gasteiger charge is -2.22. The van der Waals surface area contributed by atoms with Gasteiger partial charge in [-0.1, -0.05) is 43.3 Å². The van der Waals surface area contributed by atoms with E-state index in [0.717, 1.165) is 48.4 Å². The van der Waals surface area contributed by atoms with E-state index in [9.17, 15) is 4.79 Å². The van der Waals surface area contributed by atoms with Crippen LogP contribution in [0, 0.1) is 13.8 Å². The monoisotopic (exact) mass is 397 g/mol. The summed E-state index contributed by atoms with van der Waals surface area (Å²) in [5.74, 6) is 1.35. The van der Waals surface area contributed by atoms with Gasteiger partial charge in [-0.25, -0.2) is 9.50 Å². The first-order valence-electron chi connectivity index (χ1n) is 9.74. The summed E-state index contributed by atoms with van der Waals surface area (Å²) < 4.78 is 1.76. The van der Waals surface area contributed by atoms with Gasteiger partial charge in [-0.2, -0.15) is 4.98 Å². The Morgan fingerprint density at radius 1 is 1.18 bits per heavy atom. The highest BCUT2D eigenvalue weighted by Crippen LogP contribution is 2.23. The minimum Gasteiger partial charge on any atom is -0.339 e. The smallest absolute Gasteiger partial charge is 0.254 e. The molecule has 0 spiro atoms. The number of benzene rings is 1. The van der Waals surface area contributed by atoms with E-state index >= 15 is 0 Å². The SMILES string of the molecule is CCCCN(CC)C(=O)c1ccccc1CSc1nc2nc(C)cc(C)n2n1. The standard InChI is InChI=1S/C21H27N5OS/c1-5-7-12-25(6-2)19(27)18-11-9-8-10-17(18)14-28-21-23-20-22-15(3)13-16(4)26(20)24-21/h8-11,13H,5-7,12,14H2,1-4H3. The maximum absolute atomic E-state index is 13.0. The molecule has 0 N–H and O–H groups in total. The van der Waals surface area contributed by atoms with E-state index in [2.05, 4.69) is 22.0 Å². The first-order chi connectivity index (χ1) is 13.5. The van der Waals surface area contributed by atoms with Gasteiger partial charge in [-0.15, -0.1) is 5.10 Å². The first kappa shape index (κ1) is 20.3. The number of aryl methyl sites for hydroxylation is 2. The molecule has 28 heavy (non-hydrogen) atoms. The van der Waals surface area contributed by atoms with E-state index in [1.165, 1.54) is 11.8 Å². The van der Waals surface area contributed by atoms with Crippen molar-refractivity contribution in [2.24, 2.45) is 0 Å². The molecule has 2 heterocycles. The van der Waals surface area contributed by atoms with Gasteiger partial charge in [0.05, 0.1) is 0 Å². The van der Waals surface area contributed by atoms with Gasteiger partial charge in [0, 0.05) is 35.8 Å². The number of carbonyl (C=O) groups is 1. The molecule has 0 atom stereocenters. The van der Waals surface area contributed by atoms with Crippen LogP contribution >= 0.6 is 11.8 Å². The number of unbranched alkanes of at least 4 members (excludes halogenated alkanes) is 1. The van der Waals surface area contributed by atoms with E-state index in [1.807, 2.05) is 56.0 Å². The molecule has 3 aromatic rings. The van der Waals surface area contributed by atoms with Gasteiger partial charge < -0.3 is 4.90 Å². The summed E-state index contributed by atoms with van der Waals surface area (Å²) in [5, 5.41) is 5.21. The zero-order valence-electron chi connectivity index (χ0n) is 17.0. The van der Waals surface area contributed by atoms with Crippen molar-refractivity contribution in [2.45, 2.75) is 51.4 Å². The summed E-state index contributed by atoms with van der Waals surface area (Å²) in [6, 6.07) is 9.81. The second-order valence-electron chi connectivity index (χ2n) is 6.83. The average Bonchev–Trinajstić information content (AvgIpc) is 3.10. The molecular formula is C21H27N5OS. The fourth-order valence-electron chi connectivity index (χ4n) is 3.13. The molecule has 0 fully saturated rings. The third-order valence-electron chi connectivity index (χ3n) is 4.65. The largest absolute Gasteiger partial charge is 0.339 e. The molecule has 0 aliphatic rings. The Balaban J connectivity index is 1.78. The van der Waals surface area contributed by atoms with Gasteiger partial charge in [-0.3, -0.25) is 4.79 Å². The van der Waals surface area contributed by atoms with Gasteiger partial charge in [0.2, 0.25) is 5.16 Å². The summed E-state index contributed by atoms with van der Waals surface area (Å²) in [7, 11) is 0. The predicted molar refractivity (Wildman–Crippen MR) is 113 cm³/mol. The molecule has 0 aliphatic heterocycles. The van der Waals surface area contributed by atoms with Crippen LogP contribution in [0.4, 0.5) is 0 Å². The van der Waals surface area contributed by atoms with Crippen molar-refractivity contribution >= 4 is 23.4 Å². The number of fused-ring (bicyclic) bond motifs is 1. The zero-order valence-corrected chi connectivity index (χ0v) is 17.8. The average molecular weight is 398 g/mol. The van der Waals surface area contributed by atoms with Crippen molar-refractivity contribution in [3.05, 3.63) is 52.8 Å². The second-order valence-corrected chi connectivity index (χ2v) is 7.77. The van der Waals surface area contributed by atoms with Crippen LogP contribution in [0.5, 0.6) is 0 Å². The van der Waals surface area contributed by atoms with Crippen molar-refractivity contribution in [1.82, 2.24) is 24.5 Å². The van der Waals surface area contributed by atoms with Crippen LogP contribution in [-0.4, -0.2) is 43.5 Å². The summed E-state index contributed by atoms with van der Waals surface area (Å²) in [4.78, 5) is 23.9. The molecular weight excluding hydrogens is 370 g/mol. The molecule has 3 rings (SSSR count). The summed E-state index contributed by atoms with van der Waals surface area (Å²) >= 11 is 1.53. The quantitative estimate of drug-likeness (QED) is 0.531. The number of nitrogens with zero attached hydrogens (tertiary/aromatic N) is 5. The van der Waals surface area contributed by atoms with E-state index in [4.69, 9.17) is 0 Å². The maximum atomic E-state index is 13.0. The molecule has 2 aromatic heterocycles. The predicted octanol–water partition coefficient (Wildman–Crippen LogP) is 4.30. The minimum absolute atomic E-state index is 0.100. The molecule has 0 bridgehead atoms. The van der Waals surface area contributed by atoms with E-state index < -0.39 is 0 Å². The van der Waals surface area contributed by atoms with Crippen LogP contribution in [0.3, 0.4) is 0 Å². The Morgan fingerprint density at radius 3 is 2.71 bits per heavy atom. The van der Waals surface area contributed by atoms with Crippen molar-refractivity contribution in [3.63, 3.8) is 0 Å². The Hall–Kier alpha value is -2.41. The number of hydrogen-bond donors (Lipinski definition) is 0. The van der Waals surface area contributed by atoms with E-state index in [0.29, 0.717) is 16.7 Å². The van der Waals surface area contributed by atoms with Crippen LogP contribution in [0.15, 0.2) is 35.5 Å². The highest BCUT2D eigenvalue weighted by molar-refractivity contribution is 7.98. The third kappa shape index (κ3) is 4.52. The van der Waals surface area contributed by atoms with Crippen LogP contribution in [0.1, 0.15) is 54.0 Å². The third-order valence-corrected chi connectivity index (χ3v) is 5.54. The fourth-order valence-corrected chi connectivity index (χ4v) is 3.95. The molecule has 148 valence electrons. The van der Waals surface area contributed by atoms with Crippen LogP contribution in [0.2, 0.25) is 0 Å². The number of rotatable bonds is 8. The van der Waals surface area contributed by atoms with Crippen molar-refractivity contribution < 1.29 is 4.79 Å². The maximum Gasteiger partial charge on any atom is 0.254 e.